The molecule has 10 aromatic rings. The molecule has 0 aromatic heterocycles. The van der Waals surface area contributed by atoms with E-state index in [0.717, 1.165) is 17.1 Å². The number of hydrogen-bond acceptors (Lipinski definition) is 1. The topological polar surface area (TPSA) is 3.24 Å². The molecule has 288 valence electrons. The van der Waals surface area contributed by atoms with Crippen molar-refractivity contribution in [1.29, 1.82) is 0 Å². The Morgan fingerprint density at radius 2 is 0.754 bits per heavy atom. The van der Waals surface area contributed by atoms with E-state index in [1.807, 2.05) is 0 Å². The second kappa shape index (κ2) is 13.5. The van der Waals surface area contributed by atoms with Gasteiger partial charge in [0.1, 0.15) is 0 Å². The minimum atomic E-state index is -0.379. The lowest BCUT2D eigenvalue weighted by molar-refractivity contribution is 0.563. The van der Waals surface area contributed by atoms with E-state index >= 15 is 0 Å². The highest BCUT2D eigenvalue weighted by molar-refractivity contribution is 6.09. The fourth-order valence-corrected chi connectivity index (χ4v) is 10.9. The van der Waals surface area contributed by atoms with Crippen LogP contribution in [0.2, 0.25) is 0 Å². The fraction of sp³-hybridized carbons (Fsp3) is 0.0667. The molecule has 61 heavy (non-hydrogen) atoms. The maximum atomic E-state index is 2.45. The van der Waals surface area contributed by atoms with Gasteiger partial charge in [-0.2, -0.15) is 0 Å². The van der Waals surface area contributed by atoms with E-state index in [4.69, 9.17) is 0 Å². The molecule has 12 rings (SSSR count). The molecule has 0 fully saturated rings. The number of para-hydroxylation sites is 1. The molecule has 0 unspecified atom stereocenters. The summed E-state index contributed by atoms with van der Waals surface area (Å²) in [6.45, 7) is 4.77. The van der Waals surface area contributed by atoms with Crippen LogP contribution in [0.15, 0.2) is 224 Å². The molecule has 0 heterocycles. The van der Waals surface area contributed by atoms with Crippen LogP contribution in [0.4, 0.5) is 17.1 Å². The Morgan fingerprint density at radius 3 is 1.44 bits per heavy atom. The monoisotopic (exact) mass is 777 g/mol. The van der Waals surface area contributed by atoms with Gasteiger partial charge in [0.15, 0.2) is 0 Å². The second-order valence-corrected chi connectivity index (χ2v) is 17.3. The van der Waals surface area contributed by atoms with Crippen LogP contribution in [0.5, 0.6) is 0 Å². The van der Waals surface area contributed by atoms with Gasteiger partial charge in [-0.05, 0) is 137 Å². The predicted molar refractivity (Wildman–Crippen MR) is 256 cm³/mol. The normalized spacial score (nSPS) is 14.0. The molecule has 2 aliphatic carbocycles. The lowest BCUT2D eigenvalue weighted by Crippen LogP contribution is -2.40. The third-order valence-electron chi connectivity index (χ3n) is 13.7. The number of rotatable bonds is 5. The van der Waals surface area contributed by atoms with Crippen LogP contribution in [0, 0.1) is 0 Å². The minimum Gasteiger partial charge on any atom is -0.310 e. The lowest BCUT2D eigenvalue weighted by Gasteiger charge is -2.46. The summed E-state index contributed by atoms with van der Waals surface area (Å²) in [5.74, 6) is 0. The van der Waals surface area contributed by atoms with Gasteiger partial charge < -0.3 is 4.90 Å². The maximum Gasteiger partial charge on any atom is 0.0719 e. The summed E-state index contributed by atoms with van der Waals surface area (Å²) in [6, 6.07) is 83.3. The van der Waals surface area contributed by atoms with E-state index in [-0.39, 0.29) is 10.8 Å². The smallest absolute Gasteiger partial charge is 0.0719 e. The van der Waals surface area contributed by atoms with Crippen molar-refractivity contribution in [3.8, 4) is 33.4 Å². The van der Waals surface area contributed by atoms with Crippen LogP contribution in [-0.4, -0.2) is 0 Å². The largest absolute Gasteiger partial charge is 0.310 e. The van der Waals surface area contributed by atoms with Gasteiger partial charge in [0.25, 0.3) is 0 Å². The Morgan fingerprint density at radius 1 is 0.295 bits per heavy atom. The number of nitrogens with zero attached hydrogens (tertiary/aromatic N) is 1. The Balaban J connectivity index is 0.945. The fourth-order valence-electron chi connectivity index (χ4n) is 10.9. The standard InChI is InChI=1S/C60H43N/c1-59(2)55-21-11-13-23-57(55)60(58-24-14-12-22-56(58)59)53-20-10-9-19-51(53)52-39-43(30-36-54(52)60)42-29-34-49-44(37-42)25-26-45-38-48(33-35-50(45)49)61(46-17-7-4-8-18-46)47-31-27-41(28-32-47)40-15-5-3-6-16-40/h3-39H,1-2H3. The average molecular weight is 778 g/mol. The summed E-state index contributed by atoms with van der Waals surface area (Å²) < 4.78 is 0. The van der Waals surface area contributed by atoms with Crippen LogP contribution in [0.25, 0.3) is 54.9 Å². The number of anilines is 3. The average Bonchev–Trinajstić information content (AvgIpc) is 3.62. The molecule has 0 atom stereocenters. The first-order chi connectivity index (χ1) is 30.0. The Hall–Kier alpha value is -7.48. The summed E-state index contributed by atoms with van der Waals surface area (Å²) in [5, 5.41) is 4.97. The van der Waals surface area contributed by atoms with Crippen LogP contribution in [-0.2, 0) is 10.8 Å². The van der Waals surface area contributed by atoms with Gasteiger partial charge in [0.05, 0.1) is 5.41 Å². The van der Waals surface area contributed by atoms with Gasteiger partial charge in [0.2, 0.25) is 0 Å². The van der Waals surface area contributed by atoms with Crippen molar-refractivity contribution >= 4 is 38.6 Å². The van der Waals surface area contributed by atoms with Crippen LogP contribution >= 0.6 is 0 Å². The van der Waals surface area contributed by atoms with Gasteiger partial charge in [0, 0.05) is 22.5 Å². The third-order valence-corrected chi connectivity index (χ3v) is 13.7. The molecule has 10 aromatic carbocycles. The highest BCUT2D eigenvalue weighted by Crippen LogP contribution is 2.62. The summed E-state index contributed by atoms with van der Waals surface area (Å²) in [6.07, 6.45) is 0. The highest BCUT2D eigenvalue weighted by atomic mass is 15.1. The van der Waals surface area contributed by atoms with Gasteiger partial charge in [-0.15, -0.1) is 0 Å². The Bertz CT molecular complexity index is 3270. The molecule has 0 amide bonds. The van der Waals surface area contributed by atoms with E-state index in [2.05, 4.69) is 243 Å². The minimum absolute atomic E-state index is 0.108. The summed E-state index contributed by atoms with van der Waals surface area (Å²) >= 11 is 0. The van der Waals surface area contributed by atoms with Crippen LogP contribution in [0.3, 0.4) is 0 Å². The van der Waals surface area contributed by atoms with E-state index in [1.54, 1.807) is 0 Å². The van der Waals surface area contributed by atoms with Crippen molar-refractivity contribution in [3.05, 3.63) is 258 Å². The van der Waals surface area contributed by atoms with Gasteiger partial charge in [-0.1, -0.05) is 190 Å². The van der Waals surface area contributed by atoms with Gasteiger partial charge >= 0.3 is 0 Å². The maximum absolute atomic E-state index is 2.45. The molecule has 1 spiro atoms. The zero-order valence-electron chi connectivity index (χ0n) is 34.3. The van der Waals surface area contributed by atoms with Crippen molar-refractivity contribution in [2.45, 2.75) is 24.7 Å². The third kappa shape index (κ3) is 5.27. The first-order valence-corrected chi connectivity index (χ1v) is 21.4. The molecule has 0 bridgehead atoms. The molecule has 0 aliphatic heterocycles. The van der Waals surface area contributed by atoms with E-state index in [0.29, 0.717) is 0 Å². The quantitative estimate of drug-likeness (QED) is 0.157. The molecule has 0 N–H and O–H groups in total. The predicted octanol–water partition coefficient (Wildman–Crippen LogP) is 15.8. The molecule has 1 nitrogen and oxygen atoms in total. The summed E-state index contributed by atoms with van der Waals surface area (Å²) in [7, 11) is 0. The molecule has 2 aliphatic rings. The van der Waals surface area contributed by atoms with E-state index in [1.165, 1.54) is 88.3 Å². The van der Waals surface area contributed by atoms with Crippen LogP contribution < -0.4 is 4.90 Å². The Labute approximate surface area is 357 Å². The first kappa shape index (κ1) is 35.5. The molecular formula is C60H43N. The van der Waals surface area contributed by atoms with Gasteiger partial charge in [-0.25, -0.2) is 0 Å². The van der Waals surface area contributed by atoms with Crippen LogP contribution in [0.1, 0.15) is 47.2 Å². The van der Waals surface area contributed by atoms with E-state index < -0.39 is 0 Å². The van der Waals surface area contributed by atoms with Gasteiger partial charge in [-0.3, -0.25) is 0 Å². The number of benzene rings is 10. The molecule has 0 saturated carbocycles. The molecule has 0 radical (unpaired) electrons. The second-order valence-electron chi connectivity index (χ2n) is 17.3. The summed E-state index contributed by atoms with van der Waals surface area (Å²) in [5.41, 5.74) is 18.8. The van der Waals surface area contributed by atoms with Crippen molar-refractivity contribution in [3.63, 3.8) is 0 Å². The summed E-state index contributed by atoms with van der Waals surface area (Å²) in [4.78, 5) is 2.35. The van der Waals surface area contributed by atoms with Crippen molar-refractivity contribution < 1.29 is 0 Å². The Kier molecular flexibility index (Phi) is 7.86. The van der Waals surface area contributed by atoms with E-state index in [9.17, 15) is 0 Å². The van der Waals surface area contributed by atoms with Crippen molar-refractivity contribution in [2.75, 3.05) is 4.90 Å². The first-order valence-electron chi connectivity index (χ1n) is 21.4. The molecular weight excluding hydrogens is 735 g/mol. The number of hydrogen-bond donors (Lipinski definition) is 0. The van der Waals surface area contributed by atoms with Crippen molar-refractivity contribution in [1.82, 2.24) is 0 Å². The van der Waals surface area contributed by atoms with Crippen molar-refractivity contribution in [2.24, 2.45) is 0 Å². The highest BCUT2D eigenvalue weighted by Gasteiger charge is 2.53. The zero-order chi connectivity index (χ0) is 40.7. The number of fused-ring (bicyclic) bond motifs is 12. The molecule has 1 heteroatoms. The lowest BCUT2D eigenvalue weighted by atomic mass is 9.55. The zero-order valence-corrected chi connectivity index (χ0v) is 34.3. The molecule has 0 saturated heterocycles. The SMILES string of the molecule is CC1(C)c2ccccc2C2(c3ccccc3-c3cc(-c4ccc5c(ccc6cc(N(c7ccccc7)c7ccc(-c8ccccc8)cc7)ccc65)c4)ccc32)c2ccccc21.